The quantitative estimate of drug-likeness (QED) is 0.815. The van der Waals surface area contributed by atoms with Crippen LogP contribution < -0.4 is 5.73 Å². The van der Waals surface area contributed by atoms with Gasteiger partial charge < -0.3 is 10.8 Å². The van der Waals surface area contributed by atoms with Crippen molar-refractivity contribution in [2.75, 3.05) is 6.54 Å². The predicted octanol–water partition coefficient (Wildman–Crippen LogP) is 1.58. The number of nitrogens with two attached hydrogens (primary N) is 1. The lowest BCUT2D eigenvalue weighted by Crippen LogP contribution is -2.12. The van der Waals surface area contributed by atoms with Crippen LogP contribution in [0, 0.1) is 5.82 Å². The molecule has 2 nitrogen and oxygen atoms in total. The Morgan fingerprint density at radius 1 is 1.58 bits per heavy atom. The summed E-state index contributed by atoms with van der Waals surface area (Å²) < 4.78 is 13.3. The molecule has 0 unspecified atom stereocenters. The van der Waals surface area contributed by atoms with Crippen LogP contribution in [0.15, 0.2) is 22.7 Å². The second-order valence-electron chi connectivity index (χ2n) is 2.42. The van der Waals surface area contributed by atoms with Gasteiger partial charge in [0.15, 0.2) is 0 Å². The van der Waals surface area contributed by atoms with E-state index in [1.165, 1.54) is 12.1 Å². The highest BCUT2D eigenvalue weighted by Crippen LogP contribution is 2.23. The van der Waals surface area contributed by atoms with Crippen LogP contribution in [-0.2, 0) is 0 Å². The zero-order valence-corrected chi connectivity index (χ0v) is 7.88. The molecule has 0 aliphatic heterocycles. The standard InChI is InChI=1S/C8H9BrFNO/c9-7-2-1-5(10)3-6(7)8(12)4-11/h1-3,8,12H,4,11H2/t8-/m1/s1. The van der Waals surface area contributed by atoms with Crippen molar-refractivity contribution in [1.29, 1.82) is 0 Å². The molecular weight excluding hydrogens is 225 g/mol. The van der Waals surface area contributed by atoms with Crippen LogP contribution >= 0.6 is 15.9 Å². The highest BCUT2D eigenvalue weighted by molar-refractivity contribution is 9.10. The van der Waals surface area contributed by atoms with E-state index in [-0.39, 0.29) is 12.4 Å². The summed E-state index contributed by atoms with van der Waals surface area (Å²) in [6.45, 7) is 0.0854. The van der Waals surface area contributed by atoms with E-state index >= 15 is 0 Å². The Morgan fingerprint density at radius 2 is 2.25 bits per heavy atom. The number of rotatable bonds is 2. The van der Waals surface area contributed by atoms with Gasteiger partial charge in [0.2, 0.25) is 0 Å². The molecule has 0 heterocycles. The van der Waals surface area contributed by atoms with Crippen LogP contribution in [0.2, 0.25) is 0 Å². The van der Waals surface area contributed by atoms with E-state index in [0.717, 1.165) is 0 Å². The Bertz CT molecular complexity index is 280. The molecule has 0 amide bonds. The zero-order chi connectivity index (χ0) is 9.14. The van der Waals surface area contributed by atoms with E-state index in [2.05, 4.69) is 15.9 Å². The van der Waals surface area contributed by atoms with Gasteiger partial charge in [0.1, 0.15) is 5.82 Å². The summed E-state index contributed by atoms with van der Waals surface area (Å²) in [4.78, 5) is 0. The molecule has 0 saturated heterocycles. The van der Waals surface area contributed by atoms with Gasteiger partial charge in [-0.3, -0.25) is 0 Å². The van der Waals surface area contributed by atoms with Gasteiger partial charge in [-0.15, -0.1) is 0 Å². The van der Waals surface area contributed by atoms with Crippen molar-refractivity contribution in [2.24, 2.45) is 5.73 Å². The maximum Gasteiger partial charge on any atom is 0.123 e. The van der Waals surface area contributed by atoms with E-state index in [1.807, 2.05) is 0 Å². The minimum Gasteiger partial charge on any atom is -0.387 e. The summed E-state index contributed by atoms with van der Waals surface area (Å²) in [5, 5.41) is 9.31. The monoisotopic (exact) mass is 233 g/mol. The number of halogens is 2. The number of hydrogen-bond acceptors (Lipinski definition) is 2. The fourth-order valence-corrected chi connectivity index (χ4v) is 1.41. The zero-order valence-electron chi connectivity index (χ0n) is 6.30. The average Bonchev–Trinajstić information content (AvgIpc) is 2.08. The molecule has 1 aromatic carbocycles. The van der Waals surface area contributed by atoms with E-state index in [4.69, 9.17) is 5.73 Å². The molecule has 0 aliphatic carbocycles. The van der Waals surface area contributed by atoms with Gasteiger partial charge in [0.05, 0.1) is 6.10 Å². The SMILES string of the molecule is NC[C@@H](O)c1cc(F)ccc1Br. The third kappa shape index (κ3) is 2.03. The van der Waals surface area contributed by atoms with E-state index in [1.54, 1.807) is 6.07 Å². The highest BCUT2D eigenvalue weighted by atomic mass is 79.9. The first-order valence-corrected chi connectivity index (χ1v) is 4.27. The fourth-order valence-electron chi connectivity index (χ4n) is 0.897. The van der Waals surface area contributed by atoms with Crippen molar-refractivity contribution in [1.82, 2.24) is 0 Å². The molecule has 0 aromatic heterocycles. The summed E-state index contributed by atoms with van der Waals surface area (Å²) in [7, 11) is 0. The Morgan fingerprint density at radius 3 is 2.83 bits per heavy atom. The molecular formula is C8H9BrFNO. The second kappa shape index (κ2) is 3.98. The van der Waals surface area contributed by atoms with Crippen LogP contribution in [0.25, 0.3) is 0 Å². The van der Waals surface area contributed by atoms with Gasteiger partial charge in [0.25, 0.3) is 0 Å². The molecule has 3 N–H and O–H groups in total. The topological polar surface area (TPSA) is 46.2 Å². The molecule has 0 radical (unpaired) electrons. The van der Waals surface area contributed by atoms with Crippen molar-refractivity contribution < 1.29 is 9.50 Å². The highest BCUT2D eigenvalue weighted by Gasteiger charge is 2.09. The fraction of sp³-hybridized carbons (Fsp3) is 0.250. The van der Waals surface area contributed by atoms with E-state index in [0.29, 0.717) is 10.0 Å². The molecule has 1 aromatic rings. The molecule has 0 fully saturated rings. The molecule has 0 bridgehead atoms. The van der Waals surface area contributed by atoms with Crippen LogP contribution in [0.3, 0.4) is 0 Å². The Kier molecular flexibility index (Phi) is 3.20. The van der Waals surface area contributed by atoms with E-state index < -0.39 is 6.10 Å². The predicted molar refractivity (Wildman–Crippen MR) is 48.1 cm³/mol. The second-order valence-corrected chi connectivity index (χ2v) is 3.27. The molecule has 1 rings (SSSR count). The van der Waals surface area contributed by atoms with Gasteiger partial charge in [-0.05, 0) is 23.8 Å². The molecule has 1 atom stereocenters. The first-order valence-electron chi connectivity index (χ1n) is 3.48. The number of aliphatic hydroxyl groups excluding tert-OH is 1. The number of aliphatic hydroxyl groups is 1. The lowest BCUT2D eigenvalue weighted by molar-refractivity contribution is 0.185. The van der Waals surface area contributed by atoms with Gasteiger partial charge >= 0.3 is 0 Å². The van der Waals surface area contributed by atoms with Crippen molar-refractivity contribution in [2.45, 2.75) is 6.10 Å². The molecule has 4 heteroatoms. The van der Waals surface area contributed by atoms with Gasteiger partial charge in [-0.25, -0.2) is 4.39 Å². The normalized spacial score (nSPS) is 13.0. The maximum absolute atomic E-state index is 12.7. The minimum absolute atomic E-state index is 0.0854. The lowest BCUT2D eigenvalue weighted by atomic mass is 10.1. The van der Waals surface area contributed by atoms with Crippen LogP contribution in [0.4, 0.5) is 4.39 Å². The third-order valence-electron chi connectivity index (χ3n) is 1.54. The van der Waals surface area contributed by atoms with Gasteiger partial charge in [0, 0.05) is 11.0 Å². The van der Waals surface area contributed by atoms with Crippen molar-refractivity contribution in [3.63, 3.8) is 0 Å². The smallest absolute Gasteiger partial charge is 0.123 e. The Balaban J connectivity index is 3.04. The minimum atomic E-state index is -0.810. The van der Waals surface area contributed by atoms with Crippen LogP contribution in [0.5, 0.6) is 0 Å². The molecule has 0 aliphatic rings. The summed E-state index contributed by atoms with van der Waals surface area (Å²) in [5.74, 6) is -0.374. The third-order valence-corrected chi connectivity index (χ3v) is 2.26. The summed E-state index contributed by atoms with van der Waals surface area (Å²) >= 11 is 3.19. The van der Waals surface area contributed by atoms with E-state index in [9.17, 15) is 9.50 Å². The summed E-state index contributed by atoms with van der Waals surface area (Å²) in [5.41, 5.74) is 5.71. The molecule has 0 spiro atoms. The average molecular weight is 234 g/mol. The van der Waals surface area contributed by atoms with Crippen LogP contribution in [-0.4, -0.2) is 11.7 Å². The number of benzene rings is 1. The maximum atomic E-state index is 12.7. The Hall–Kier alpha value is -0.450. The van der Waals surface area contributed by atoms with Crippen molar-refractivity contribution >= 4 is 15.9 Å². The largest absolute Gasteiger partial charge is 0.387 e. The molecule has 66 valence electrons. The molecule has 0 saturated carbocycles. The molecule has 12 heavy (non-hydrogen) atoms. The van der Waals surface area contributed by atoms with Crippen molar-refractivity contribution in [3.8, 4) is 0 Å². The van der Waals surface area contributed by atoms with Crippen molar-refractivity contribution in [3.05, 3.63) is 34.1 Å². The Labute approximate surface area is 78.3 Å². The lowest BCUT2D eigenvalue weighted by Gasteiger charge is -2.09. The first kappa shape index (κ1) is 9.64. The van der Waals surface area contributed by atoms with Crippen LogP contribution in [0.1, 0.15) is 11.7 Å². The summed E-state index contributed by atoms with van der Waals surface area (Å²) in [6, 6.07) is 4.13. The van der Waals surface area contributed by atoms with Gasteiger partial charge in [-0.2, -0.15) is 0 Å². The van der Waals surface area contributed by atoms with Gasteiger partial charge in [-0.1, -0.05) is 15.9 Å². The number of hydrogen-bond donors (Lipinski definition) is 2. The summed E-state index contributed by atoms with van der Waals surface area (Å²) in [6.07, 6.45) is -0.810. The first-order chi connectivity index (χ1) is 5.65.